The quantitative estimate of drug-likeness (QED) is 0.532. The molecular weight excluding hydrogens is 524 g/mol. The number of nitriles is 1. The first-order valence-electron chi connectivity index (χ1n) is 14.1. The van der Waals surface area contributed by atoms with Crippen LogP contribution < -0.4 is 10.8 Å². The molecule has 3 heterocycles. The first-order chi connectivity index (χ1) is 19.1. The molecule has 3 saturated heterocycles. The predicted octanol–water partition coefficient (Wildman–Crippen LogP) is 4.93. The van der Waals surface area contributed by atoms with Crippen molar-refractivity contribution < 1.29 is 28.0 Å². The summed E-state index contributed by atoms with van der Waals surface area (Å²) in [6, 6.07) is 11.2. The van der Waals surface area contributed by atoms with E-state index in [-0.39, 0.29) is 29.6 Å². The Labute approximate surface area is 241 Å². The zero-order chi connectivity index (χ0) is 29.9. The van der Waals surface area contributed by atoms with E-state index in [2.05, 4.69) is 5.32 Å². The molecule has 0 spiro atoms. The van der Waals surface area contributed by atoms with Gasteiger partial charge in [-0.1, -0.05) is 12.1 Å². The van der Waals surface area contributed by atoms with Crippen LogP contribution in [0.15, 0.2) is 36.4 Å². The van der Waals surface area contributed by atoms with Crippen molar-refractivity contribution in [1.82, 2.24) is 10.2 Å². The average Bonchev–Trinajstić information content (AvgIpc) is 3.50. The number of benzene rings is 2. The van der Waals surface area contributed by atoms with Crippen LogP contribution in [0.5, 0.6) is 0 Å². The number of amides is 2. The van der Waals surface area contributed by atoms with Gasteiger partial charge < -0.3 is 24.3 Å². The Bertz CT molecular complexity index is 1410. The van der Waals surface area contributed by atoms with Crippen LogP contribution in [0.2, 0.25) is 0 Å². The molecule has 41 heavy (non-hydrogen) atoms. The van der Waals surface area contributed by atoms with Gasteiger partial charge in [-0.3, -0.25) is 4.79 Å². The first-order valence-corrected chi connectivity index (χ1v) is 14.1. The Morgan fingerprint density at radius 1 is 1.10 bits per heavy atom. The number of ether oxygens (including phenoxy) is 1. The first kappa shape index (κ1) is 29.1. The highest BCUT2D eigenvalue weighted by molar-refractivity contribution is 6.64. The standard InChI is InChI=1S/C31H37BFN3O5/c1-29(2,3)39-28(38)35-25-16-21-11-13-26(25)36(21)27(37)19-10-12-23(32-40-30(4,5)31(6,7)41-32)22(14-19)18-8-9-20(17-34)24(33)15-18/h8-10,12,14-15,21,25-26H,11,13,16H2,1-7H3,(H,35,38)/t21-,25+,26+/m1/s1. The lowest BCUT2D eigenvalue weighted by molar-refractivity contribution is 0.00578. The zero-order valence-electron chi connectivity index (χ0n) is 24.7. The largest absolute Gasteiger partial charge is 0.495 e. The van der Waals surface area contributed by atoms with Crippen molar-refractivity contribution >= 4 is 24.6 Å². The van der Waals surface area contributed by atoms with Gasteiger partial charge in [0, 0.05) is 11.6 Å². The summed E-state index contributed by atoms with van der Waals surface area (Å²) in [6.45, 7) is 13.3. The summed E-state index contributed by atoms with van der Waals surface area (Å²) in [5.74, 6) is -0.794. The number of hydrogen-bond acceptors (Lipinski definition) is 6. The van der Waals surface area contributed by atoms with Crippen molar-refractivity contribution in [2.45, 2.75) is 103 Å². The van der Waals surface area contributed by atoms with Crippen molar-refractivity contribution in [2.75, 3.05) is 0 Å². The van der Waals surface area contributed by atoms with Crippen LogP contribution in [-0.4, -0.2) is 58.9 Å². The number of nitrogens with zero attached hydrogens (tertiary/aromatic N) is 2. The zero-order valence-corrected chi connectivity index (χ0v) is 24.7. The minimum absolute atomic E-state index is 0.00557. The van der Waals surface area contributed by atoms with Crippen molar-refractivity contribution in [1.29, 1.82) is 5.26 Å². The summed E-state index contributed by atoms with van der Waals surface area (Å²) in [5, 5.41) is 12.2. The van der Waals surface area contributed by atoms with Gasteiger partial charge in [-0.2, -0.15) is 5.26 Å². The third-order valence-corrected chi connectivity index (χ3v) is 8.68. The average molecular weight is 561 g/mol. The van der Waals surface area contributed by atoms with Gasteiger partial charge in [0.25, 0.3) is 5.91 Å². The molecule has 2 aromatic carbocycles. The summed E-state index contributed by atoms with van der Waals surface area (Å²) in [7, 11) is -0.733. The van der Waals surface area contributed by atoms with Crippen LogP contribution in [0.1, 0.15) is 83.7 Å². The van der Waals surface area contributed by atoms with Gasteiger partial charge in [0.05, 0.1) is 28.8 Å². The van der Waals surface area contributed by atoms with E-state index in [9.17, 15) is 19.2 Å². The topological polar surface area (TPSA) is 101 Å². The van der Waals surface area contributed by atoms with E-state index in [1.54, 1.807) is 24.3 Å². The van der Waals surface area contributed by atoms with E-state index in [1.165, 1.54) is 12.1 Å². The van der Waals surface area contributed by atoms with Gasteiger partial charge in [-0.05, 0) is 109 Å². The van der Waals surface area contributed by atoms with Crippen LogP contribution in [0.25, 0.3) is 11.1 Å². The third kappa shape index (κ3) is 5.45. The van der Waals surface area contributed by atoms with Gasteiger partial charge in [-0.15, -0.1) is 0 Å². The fourth-order valence-electron chi connectivity index (χ4n) is 5.96. The second-order valence-corrected chi connectivity index (χ2v) is 13.2. The maximum Gasteiger partial charge on any atom is 0.495 e. The fourth-order valence-corrected chi connectivity index (χ4v) is 5.96. The minimum Gasteiger partial charge on any atom is -0.444 e. The predicted molar refractivity (Wildman–Crippen MR) is 153 cm³/mol. The summed E-state index contributed by atoms with van der Waals surface area (Å²) in [5.41, 5.74) is 0.349. The number of hydrogen-bond donors (Lipinski definition) is 1. The van der Waals surface area contributed by atoms with E-state index < -0.39 is 35.8 Å². The van der Waals surface area contributed by atoms with E-state index in [4.69, 9.17) is 14.0 Å². The summed E-state index contributed by atoms with van der Waals surface area (Å²) < 4.78 is 32.8. The van der Waals surface area contributed by atoms with Gasteiger partial charge >= 0.3 is 13.2 Å². The molecule has 0 unspecified atom stereocenters. The molecule has 0 aromatic heterocycles. The van der Waals surface area contributed by atoms with Crippen LogP contribution in [0.3, 0.4) is 0 Å². The smallest absolute Gasteiger partial charge is 0.444 e. The Morgan fingerprint density at radius 2 is 1.78 bits per heavy atom. The molecule has 5 rings (SSSR count). The maximum absolute atomic E-state index is 14.8. The molecule has 2 bridgehead atoms. The Balaban J connectivity index is 1.47. The van der Waals surface area contributed by atoms with E-state index in [0.29, 0.717) is 28.6 Å². The Kier molecular flexibility index (Phi) is 7.20. The molecule has 0 aliphatic carbocycles. The lowest BCUT2D eigenvalue weighted by atomic mass is 9.73. The second kappa shape index (κ2) is 10.1. The molecule has 3 aliphatic heterocycles. The molecule has 2 amide bonds. The van der Waals surface area contributed by atoms with Crippen LogP contribution >= 0.6 is 0 Å². The molecule has 0 radical (unpaired) electrons. The molecular formula is C31H37BFN3O5. The van der Waals surface area contributed by atoms with Crippen LogP contribution in [0, 0.1) is 17.1 Å². The summed E-state index contributed by atoms with van der Waals surface area (Å²) >= 11 is 0. The molecule has 2 aromatic rings. The Hall–Kier alpha value is -3.42. The van der Waals surface area contributed by atoms with Crippen molar-refractivity contribution in [3.05, 3.63) is 53.3 Å². The maximum atomic E-state index is 14.8. The minimum atomic E-state index is -0.733. The van der Waals surface area contributed by atoms with Crippen LogP contribution in [-0.2, 0) is 14.0 Å². The number of halogens is 1. The molecule has 216 valence electrons. The second-order valence-electron chi connectivity index (χ2n) is 13.2. The number of fused-ring (bicyclic) bond motifs is 2. The van der Waals surface area contributed by atoms with Gasteiger partial charge in [0.2, 0.25) is 0 Å². The van der Waals surface area contributed by atoms with Gasteiger partial charge in [0.1, 0.15) is 17.5 Å². The molecule has 8 nitrogen and oxygen atoms in total. The van der Waals surface area contributed by atoms with Gasteiger partial charge in [0.15, 0.2) is 0 Å². The number of rotatable bonds is 4. The highest BCUT2D eigenvalue weighted by atomic mass is 19.1. The number of nitrogens with one attached hydrogen (secondary N) is 1. The lowest BCUT2D eigenvalue weighted by Gasteiger charge is -2.32. The molecule has 3 aliphatic rings. The molecule has 10 heteroatoms. The van der Waals surface area contributed by atoms with Crippen molar-refractivity contribution in [2.24, 2.45) is 0 Å². The third-order valence-electron chi connectivity index (χ3n) is 8.68. The molecule has 0 saturated carbocycles. The molecule has 1 N–H and O–H groups in total. The van der Waals surface area contributed by atoms with Crippen molar-refractivity contribution in [3.8, 4) is 17.2 Å². The van der Waals surface area contributed by atoms with Crippen LogP contribution in [0.4, 0.5) is 9.18 Å². The molecule has 3 atom stereocenters. The SMILES string of the molecule is CC(C)(C)OC(=O)N[C@H]1C[C@H]2CC[C@@H]1N2C(=O)c1ccc(B2OC(C)(C)C(C)(C)O2)c(-c2ccc(C#N)c(F)c2)c1. The molecule has 3 fully saturated rings. The highest BCUT2D eigenvalue weighted by Crippen LogP contribution is 2.40. The lowest BCUT2D eigenvalue weighted by Crippen LogP contribution is -2.46. The van der Waals surface area contributed by atoms with Gasteiger partial charge in [-0.25, -0.2) is 9.18 Å². The normalized spacial score (nSPS) is 24.3. The summed E-state index contributed by atoms with van der Waals surface area (Å²) in [6.07, 6.45) is 1.83. The number of carbonyl (C=O) groups is 2. The monoisotopic (exact) mass is 561 g/mol. The van der Waals surface area contributed by atoms with E-state index in [0.717, 1.165) is 12.8 Å². The number of carbonyl (C=O) groups excluding carboxylic acids is 2. The summed E-state index contributed by atoms with van der Waals surface area (Å²) in [4.78, 5) is 28.3. The highest BCUT2D eigenvalue weighted by Gasteiger charge is 2.53. The fraction of sp³-hybridized carbons (Fsp3) is 0.516. The van der Waals surface area contributed by atoms with E-state index >= 15 is 0 Å². The van der Waals surface area contributed by atoms with Crippen molar-refractivity contribution in [3.63, 3.8) is 0 Å². The Morgan fingerprint density at radius 3 is 2.39 bits per heavy atom. The van der Waals surface area contributed by atoms with E-state index in [1.807, 2.05) is 59.4 Å². The number of alkyl carbamates (subject to hydrolysis) is 1.